The second kappa shape index (κ2) is 7.09. The molecular formula is C21H20O3. The Morgan fingerprint density at radius 2 is 1.25 bits per heavy atom. The Bertz CT molecular complexity index is 779. The van der Waals surface area contributed by atoms with Crippen LogP contribution in [0.5, 0.6) is 17.2 Å². The first-order valence-electron chi connectivity index (χ1n) is 7.86. The van der Waals surface area contributed by atoms with E-state index in [1.165, 1.54) is 0 Å². The summed E-state index contributed by atoms with van der Waals surface area (Å²) in [5.74, 6) is 1.62. The van der Waals surface area contributed by atoms with Crippen LogP contribution in [0, 0.1) is 13.8 Å². The summed E-state index contributed by atoms with van der Waals surface area (Å²) in [6.07, 6.45) is -0.652. The van der Waals surface area contributed by atoms with Crippen LogP contribution in [0.25, 0.3) is 0 Å². The summed E-state index contributed by atoms with van der Waals surface area (Å²) < 4.78 is 12.1. The van der Waals surface area contributed by atoms with Crippen LogP contribution in [0.15, 0.2) is 72.8 Å². The average molecular weight is 320 g/mol. The predicted octanol–water partition coefficient (Wildman–Crippen LogP) is 5.17. The molecule has 0 saturated heterocycles. The Morgan fingerprint density at radius 3 is 1.75 bits per heavy atom. The summed E-state index contributed by atoms with van der Waals surface area (Å²) in [5, 5.41) is 9.77. The molecule has 0 bridgehead atoms. The van der Waals surface area contributed by atoms with Gasteiger partial charge >= 0.3 is 0 Å². The highest BCUT2D eigenvalue weighted by Crippen LogP contribution is 2.28. The second-order valence-electron chi connectivity index (χ2n) is 5.80. The molecule has 0 aliphatic carbocycles. The maximum atomic E-state index is 9.77. The molecule has 3 rings (SSSR count). The Morgan fingerprint density at radius 1 is 0.708 bits per heavy atom. The summed E-state index contributed by atoms with van der Waals surface area (Å²) in [6, 6.07) is 22.5. The van der Waals surface area contributed by atoms with Gasteiger partial charge in [-0.1, -0.05) is 36.4 Å². The third-order valence-electron chi connectivity index (χ3n) is 3.61. The zero-order valence-electron chi connectivity index (χ0n) is 13.8. The number of rotatable bonds is 5. The van der Waals surface area contributed by atoms with Crippen LogP contribution >= 0.6 is 0 Å². The van der Waals surface area contributed by atoms with Crippen molar-refractivity contribution in [1.82, 2.24) is 0 Å². The minimum Gasteiger partial charge on any atom is -0.508 e. The molecule has 0 radical (unpaired) electrons. The van der Waals surface area contributed by atoms with E-state index in [9.17, 15) is 5.11 Å². The molecule has 0 aliphatic heterocycles. The lowest BCUT2D eigenvalue weighted by Gasteiger charge is -2.21. The molecule has 3 heteroatoms. The van der Waals surface area contributed by atoms with Crippen LogP contribution < -0.4 is 9.47 Å². The molecule has 3 aromatic rings. The third kappa shape index (κ3) is 4.07. The number of ether oxygens (including phenoxy) is 2. The van der Waals surface area contributed by atoms with E-state index in [4.69, 9.17) is 9.47 Å². The standard InChI is InChI=1S/C21H20O3/c1-15-6-3-10-19(12-15)23-21(17-8-5-9-18(22)14-17)24-20-11-4-7-16(2)13-20/h3-14,21-22H,1-2H3. The van der Waals surface area contributed by atoms with E-state index >= 15 is 0 Å². The van der Waals surface area contributed by atoms with Gasteiger partial charge in [-0.15, -0.1) is 0 Å². The molecule has 0 saturated carbocycles. The molecule has 0 atom stereocenters. The molecule has 3 nitrogen and oxygen atoms in total. The highest BCUT2D eigenvalue weighted by molar-refractivity contribution is 5.33. The topological polar surface area (TPSA) is 38.7 Å². The van der Waals surface area contributed by atoms with Crippen LogP contribution in [0.3, 0.4) is 0 Å². The van der Waals surface area contributed by atoms with Crippen molar-refractivity contribution in [2.75, 3.05) is 0 Å². The maximum absolute atomic E-state index is 9.77. The van der Waals surface area contributed by atoms with Gasteiger partial charge in [0.2, 0.25) is 0 Å². The van der Waals surface area contributed by atoms with Crippen molar-refractivity contribution in [1.29, 1.82) is 0 Å². The van der Waals surface area contributed by atoms with Gasteiger partial charge in [-0.3, -0.25) is 0 Å². The SMILES string of the molecule is Cc1cccc(OC(Oc2cccc(C)c2)c2cccc(O)c2)c1. The average Bonchev–Trinajstić information content (AvgIpc) is 2.54. The first-order chi connectivity index (χ1) is 11.6. The lowest BCUT2D eigenvalue weighted by Crippen LogP contribution is -2.15. The van der Waals surface area contributed by atoms with Crippen molar-refractivity contribution < 1.29 is 14.6 Å². The normalized spacial score (nSPS) is 10.6. The van der Waals surface area contributed by atoms with E-state index in [0.29, 0.717) is 0 Å². The Balaban J connectivity index is 1.91. The predicted molar refractivity (Wildman–Crippen MR) is 94.5 cm³/mol. The fraction of sp³-hybridized carbons (Fsp3) is 0.143. The van der Waals surface area contributed by atoms with Crippen molar-refractivity contribution in [3.05, 3.63) is 89.5 Å². The van der Waals surface area contributed by atoms with Gasteiger partial charge < -0.3 is 14.6 Å². The number of phenols is 1. The minimum atomic E-state index is -0.652. The molecule has 0 spiro atoms. The summed E-state index contributed by atoms with van der Waals surface area (Å²) in [5.41, 5.74) is 2.97. The molecular weight excluding hydrogens is 300 g/mol. The Kier molecular flexibility index (Phi) is 4.71. The summed E-state index contributed by atoms with van der Waals surface area (Å²) in [6.45, 7) is 4.02. The lowest BCUT2D eigenvalue weighted by atomic mass is 10.2. The fourth-order valence-electron chi connectivity index (χ4n) is 2.46. The van der Waals surface area contributed by atoms with E-state index in [1.54, 1.807) is 18.2 Å². The lowest BCUT2D eigenvalue weighted by molar-refractivity contribution is 0.00360. The van der Waals surface area contributed by atoms with Crippen molar-refractivity contribution in [2.45, 2.75) is 20.1 Å². The quantitative estimate of drug-likeness (QED) is 0.659. The summed E-state index contributed by atoms with van der Waals surface area (Å²) >= 11 is 0. The number of benzene rings is 3. The molecule has 3 aromatic carbocycles. The summed E-state index contributed by atoms with van der Waals surface area (Å²) in [4.78, 5) is 0. The highest BCUT2D eigenvalue weighted by atomic mass is 16.7. The molecule has 0 amide bonds. The van der Waals surface area contributed by atoms with Crippen molar-refractivity contribution in [3.8, 4) is 17.2 Å². The molecule has 0 aliphatic rings. The molecule has 24 heavy (non-hydrogen) atoms. The van der Waals surface area contributed by atoms with Crippen LogP contribution in [0.1, 0.15) is 23.0 Å². The highest BCUT2D eigenvalue weighted by Gasteiger charge is 2.16. The van der Waals surface area contributed by atoms with Gasteiger partial charge in [-0.2, -0.15) is 0 Å². The zero-order chi connectivity index (χ0) is 16.9. The van der Waals surface area contributed by atoms with E-state index in [1.807, 2.05) is 68.4 Å². The molecule has 0 fully saturated rings. The third-order valence-corrected chi connectivity index (χ3v) is 3.61. The monoisotopic (exact) mass is 320 g/mol. The fourth-order valence-corrected chi connectivity index (χ4v) is 2.46. The minimum absolute atomic E-state index is 0.179. The van der Waals surface area contributed by atoms with E-state index in [-0.39, 0.29) is 5.75 Å². The second-order valence-corrected chi connectivity index (χ2v) is 5.80. The van der Waals surface area contributed by atoms with Gasteiger partial charge in [0.15, 0.2) is 0 Å². The molecule has 0 unspecified atom stereocenters. The first kappa shape index (κ1) is 15.9. The van der Waals surface area contributed by atoms with Crippen molar-refractivity contribution in [3.63, 3.8) is 0 Å². The zero-order valence-corrected chi connectivity index (χ0v) is 13.8. The number of aromatic hydroxyl groups is 1. The molecule has 0 aromatic heterocycles. The van der Waals surface area contributed by atoms with Gasteiger partial charge in [-0.05, 0) is 61.4 Å². The largest absolute Gasteiger partial charge is 0.508 e. The van der Waals surface area contributed by atoms with E-state index < -0.39 is 6.29 Å². The smallest absolute Gasteiger partial charge is 0.267 e. The number of aryl methyl sites for hydroxylation is 2. The maximum Gasteiger partial charge on any atom is 0.267 e. The number of phenolic OH excluding ortho intramolecular Hbond substituents is 1. The first-order valence-corrected chi connectivity index (χ1v) is 7.86. The van der Waals surface area contributed by atoms with Crippen molar-refractivity contribution in [2.24, 2.45) is 0 Å². The molecule has 1 N–H and O–H groups in total. The Labute approximate surface area is 142 Å². The van der Waals surface area contributed by atoms with Crippen LogP contribution in [-0.2, 0) is 0 Å². The van der Waals surface area contributed by atoms with Crippen LogP contribution in [0.4, 0.5) is 0 Å². The van der Waals surface area contributed by atoms with Crippen LogP contribution in [0.2, 0.25) is 0 Å². The number of hydrogen-bond donors (Lipinski definition) is 1. The number of hydrogen-bond acceptors (Lipinski definition) is 3. The van der Waals surface area contributed by atoms with E-state index in [0.717, 1.165) is 28.2 Å². The van der Waals surface area contributed by atoms with Crippen molar-refractivity contribution >= 4 is 0 Å². The summed E-state index contributed by atoms with van der Waals surface area (Å²) in [7, 11) is 0. The van der Waals surface area contributed by atoms with Gasteiger partial charge in [-0.25, -0.2) is 0 Å². The van der Waals surface area contributed by atoms with Gasteiger partial charge in [0.05, 0.1) is 0 Å². The van der Waals surface area contributed by atoms with Gasteiger partial charge in [0.1, 0.15) is 17.2 Å². The van der Waals surface area contributed by atoms with Gasteiger partial charge in [0.25, 0.3) is 6.29 Å². The molecule has 122 valence electrons. The van der Waals surface area contributed by atoms with Gasteiger partial charge in [0, 0.05) is 5.56 Å². The van der Waals surface area contributed by atoms with Crippen LogP contribution in [-0.4, -0.2) is 5.11 Å². The Hall–Kier alpha value is -2.94. The molecule has 0 heterocycles. The van der Waals surface area contributed by atoms with E-state index in [2.05, 4.69) is 0 Å².